The fraction of sp³-hybridized carbons (Fsp3) is 0.455. The summed E-state index contributed by atoms with van der Waals surface area (Å²) in [6.45, 7) is 7.58. The van der Waals surface area contributed by atoms with Gasteiger partial charge in [-0.2, -0.15) is 0 Å². The van der Waals surface area contributed by atoms with Crippen LogP contribution in [0.1, 0.15) is 13.8 Å². The van der Waals surface area contributed by atoms with Gasteiger partial charge in [0, 0.05) is 16.8 Å². The first-order valence-corrected chi connectivity index (χ1v) is 7.65. The first-order chi connectivity index (χ1) is 7.87. The van der Waals surface area contributed by atoms with E-state index >= 15 is 0 Å². The molecule has 2 unspecified atom stereocenters. The van der Waals surface area contributed by atoms with E-state index in [9.17, 15) is 4.79 Å². The molecule has 0 saturated heterocycles. The molecule has 2 atom stereocenters. The molecule has 0 aliphatic heterocycles. The summed E-state index contributed by atoms with van der Waals surface area (Å²) in [7, 11) is 0. The maximum atomic E-state index is 11.6. The molecule has 0 bridgehead atoms. The smallest absolute Gasteiger partial charge is 0.245 e. The zero-order chi connectivity index (χ0) is 13.1. The van der Waals surface area contributed by atoms with Crippen molar-refractivity contribution >= 4 is 51.1 Å². The molecule has 0 spiro atoms. The van der Waals surface area contributed by atoms with Gasteiger partial charge in [0.25, 0.3) is 0 Å². The third kappa shape index (κ3) is 3.01. The van der Waals surface area contributed by atoms with Gasteiger partial charge in [-0.15, -0.1) is 0 Å². The molecule has 1 aromatic rings. The average molecular weight is 459 g/mol. The number of carbonyl (C=O) groups is 1. The highest BCUT2D eigenvalue weighted by Crippen LogP contribution is 2.37. The van der Waals surface area contributed by atoms with Crippen molar-refractivity contribution in [3.8, 4) is 0 Å². The standard InChI is InChI=1S/C11H15I2N3O/c1-4-9(17)15-11(3,10(2,13)7-12)16-6-5-14-8-16/h4-6,8H,1,7H2,2-3H3,(H,15,17). The number of alkyl halides is 2. The van der Waals surface area contributed by atoms with E-state index in [1.807, 2.05) is 17.7 Å². The molecule has 4 nitrogen and oxygen atoms in total. The van der Waals surface area contributed by atoms with E-state index in [2.05, 4.69) is 69.0 Å². The van der Waals surface area contributed by atoms with Gasteiger partial charge in [0.2, 0.25) is 5.91 Å². The van der Waals surface area contributed by atoms with Gasteiger partial charge >= 0.3 is 0 Å². The Kier molecular flexibility index (Phi) is 4.99. The van der Waals surface area contributed by atoms with Crippen molar-refractivity contribution in [2.45, 2.75) is 22.9 Å². The number of aromatic nitrogens is 2. The van der Waals surface area contributed by atoms with E-state index in [0.717, 1.165) is 4.43 Å². The number of hydrogen-bond acceptors (Lipinski definition) is 2. The number of rotatable bonds is 5. The minimum absolute atomic E-state index is 0.148. The minimum Gasteiger partial charge on any atom is -0.328 e. The van der Waals surface area contributed by atoms with E-state index < -0.39 is 5.66 Å². The van der Waals surface area contributed by atoms with Crippen LogP contribution >= 0.6 is 45.2 Å². The van der Waals surface area contributed by atoms with Crippen molar-refractivity contribution < 1.29 is 4.79 Å². The van der Waals surface area contributed by atoms with Crippen LogP contribution < -0.4 is 5.32 Å². The zero-order valence-corrected chi connectivity index (χ0v) is 14.1. The largest absolute Gasteiger partial charge is 0.328 e. The highest BCUT2D eigenvalue weighted by atomic mass is 127. The summed E-state index contributed by atoms with van der Waals surface area (Å²) in [5.74, 6) is -0.186. The van der Waals surface area contributed by atoms with E-state index in [4.69, 9.17) is 0 Å². The van der Waals surface area contributed by atoms with Crippen LogP contribution in [0, 0.1) is 0 Å². The fourth-order valence-corrected chi connectivity index (χ4v) is 2.56. The number of nitrogens with zero attached hydrogens (tertiary/aromatic N) is 2. The lowest BCUT2D eigenvalue weighted by atomic mass is 9.97. The number of halogens is 2. The molecule has 6 heteroatoms. The molecule has 0 fully saturated rings. The van der Waals surface area contributed by atoms with Crippen LogP contribution in [0.4, 0.5) is 0 Å². The van der Waals surface area contributed by atoms with Gasteiger partial charge in [-0.25, -0.2) is 4.98 Å². The Labute approximate surface area is 129 Å². The van der Waals surface area contributed by atoms with Crippen LogP contribution in [-0.2, 0) is 10.5 Å². The van der Waals surface area contributed by atoms with Gasteiger partial charge in [-0.05, 0) is 19.9 Å². The second-order valence-electron chi connectivity index (χ2n) is 4.07. The molecule has 1 aromatic heterocycles. The number of amides is 1. The molecule has 0 aromatic carbocycles. The van der Waals surface area contributed by atoms with Crippen molar-refractivity contribution in [2.75, 3.05) is 4.43 Å². The van der Waals surface area contributed by atoms with Gasteiger partial charge in [-0.1, -0.05) is 51.8 Å². The van der Waals surface area contributed by atoms with Crippen LogP contribution in [-0.4, -0.2) is 23.3 Å². The van der Waals surface area contributed by atoms with Crippen molar-refractivity contribution in [3.63, 3.8) is 0 Å². The second kappa shape index (κ2) is 5.68. The Balaban J connectivity index is 3.18. The van der Waals surface area contributed by atoms with Gasteiger partial charge in [0.1, 0.15) is 5.66 Å². The van der Waals surface area contributed by atoms with Gasteiger partial charge in [0.15, 0.2) is 0 Å². The average Bonchev–Trinajstić information content (AvgIpc) is 2.82. The van der Waals surface area contributed by atoms with Gasteiger partial charge in [-0.3, -0.25) is 4.79 Å². The van der Waals surface area contributed by atoms with Crippen LogP contribution in [0.5, 0.6) is 0 Å². The summed E-state index contributed by atoms with van der Waals surface area (Å²) >= 11 is 4.68. The number of carbonyl (C=O) groups excluding carboxylic acids is 1. The molecule has 1 N–H and O–H groups in total. The highest BCUT2D eigenvalue weighted by Gasteiger charge is 2.44. The molecule has 0 radical (unpaired) electrons. The van der Waals surface area contributed by atoms with Crippen molar-refractivity contribution in [1.29, 1.82) is 0 Å². The van der Waals surface area contributed by atoms with E-state index in [1.54, 1.807) is 12.5 Å². The van der Waals surface area contributed by atoms with Gasteiger partial charge in [0.05, 0.1) is 9.75 Å². The molecule has 17 heavy (non-hydrogen) atoms. The van der Waals surface area contributed by atoms with Crippen molar-refractivity contribution in [3.05, 3.63) is 31.4 Å². The lowest BCUT2D eigenvalue weighted by molar-refractivity contribution is -0.119. The molecule has 0 aliphatic carbocycles. The Morgan fingerprint density at radius 1 is 1.65 bits per heavy atom. The van der Waals surface area contributed by atoms with E-state index in [-0.39, 0.29) is 9.33 Å². The molecule has 0 aliphatic rings. The molecule has 1 rings (SSSR count). The maximum absolute atomic E-state index is 11.6. The number of hydrogen-bond donors (Lipinski definition) is 1. The molecular formula is C11H15I2N3O. The lowest BCUT2D eigenvalue weighted by Crippen LogP contribution is -2.59. The number of imidazole rings is 1. The monoisotopic (exact) mass is 459 g/mol. The Morgan fingerprint density at radius 3 is 2.71 bits per heavy atom. The second-order valence-corrected chi connectivity index (χ2v) is 7.21. The fourth-order valence-electron chi connectivity index (χ4n) is 1.41. The first-order valence-electron chi connectivity index (χ1n) is 5.05. The highest BCUT2D eigenvalue weighted by molar-refractivity contribution is 14.1. The normalized spacial score (nSPS) is 17.9. The molecule has 94 valence electrons. The summed E-state index contributed by atoms with van der Waals surface area (Å²) in [6, 6.07) is 0. The molecule has 1 amide bonds. The SMILES string of the molecule is C=CC(=O)NC(C)(n1ccnc1)C(C)(I)CI. The Hall–Kier alpha value is -0.120. The topological polar surface area (TPSA) is 46.9 Å². The van der Waals surface area contributed by atoms with Crippen LogP contribution in [0.15, 0.2) is 31.4 Å². The van der Waals surface area contributed by atoms with Crippen LogP contribution in [0.25, 0.3) is 0 Å². The quantitative estimate of drug-likeness (QED) is 0.418. The first kappa shape index (κ1) is 14.9. The third-order valence-electron chi connectivity index (χ3n) is 2.84. The van der Waals surface area contributed by atoms with Crippen LogP contribution in [0.2, 0.25) is 0 Å². The summed E-state index contributed by atoms with van der Waals surface area (Å²) in [5, 5.41) is 2.99. The minimum atomic E-state index is -0.545. The van der Waals surface area contributed by atoms with E-state index in [0.29, 0.717) is 0 Å². The Bertz CT molecular complexity index is 403. The molecule has 1 heterocycles. The summed E-state index contributed by atoms with van der Waals surface area (Å²) in [6.07, 6.45) is 6.56. The third-order valence-corrected chi connectivity index (χ3v) is 7.26. The molecule has 0 saturated carbocycles. The van der Waals surface area contributed by atoms with Gasteiger partial charge < -0.3 is 9.88 Å². The summed E-state index contributed by atoms with van der Waals surface area (Å²) in [4.78, 5) is 15.7. The predicted octanol–water partition coefficient (Wildman–Crippen LogP) is 2.49. The number of nitrogens with one attached hydrogen (secondary N) is 1. The zero-order valence-electron chi connectivity index (χ0n) is 9.78. The summed E-state index contributed by atoms with van der Waals surface area (Å²) < 4.78 is 2.65. The van der Waals surface area contributed by atoms with Crippen LogP contribution in [0.3, 0.4) is 0 Å². The van der Waals surface area contributed by atoms with E-state index in [1.165, 1.54) is 6.08 Å². The maximum Gasteiger partial charge on any atom is 0.245 e. The summed E-state index contributed by atoms with van der Waals surface area (Å²) in [5.41, 5.74) is -0.545. The molecular weight excluding hydrogens is 444 g/mol. The Morgan fingerprint density at radius 2 is 2.29 bits per heavy atom. The predicted molar refractivity (Wildman–Crippen MR) is 85.5 cm³/mol. The van der Waals surface area contributed by atoms with Crippen molar-refractivity contribution in [1.82, 2.24) is 14.9 Å². The van der Waals surface area contributed by atoms with Crippen molar-refractivity contribution in [2.24, 2.45) is 0 Å². The lowest BCUT2D eigenvalue weighted by Gasteiger charge is -2.43.